The predicted molar refractivity (Wildman–Crippen MR) is 106 cm³/mol. The topological polar surface area (TPSA) is 91.0 Å². The van der Waals surface area contributed by atoms with E-state index in [2.05, 4.69) is 4.98 Å². The van der Waals surface area contributed by atoms with E-state index in [1.165, 1.54) is 7.11 Å². The lowest BCUT2D eigenvalue weighted by Crippen LogP contribution is -2.04. The highest BCUT2D eigenvalue weighted by Crippen LogP contribution is 2.30. The highest BCUT2D eigenvalue weighted by atomic mass is 16.5. The van der Waals surface area contributed by atoms with Gasteiger partial charge >= 0.3 is 5.97 Å². The number of ether oxygens (including phenoxy) is 3. The summed E-state index contributed by atoms with van der Waals surface area (Å²) in [6.07, 6.45) is 0. The van der Waals surface area contributed by atoms with Crippen LogP contribution in [0.3, 0.4) is 0 Å². The third-order valence-electron chi connectivity index (χ3n) is 4.56. The van der Waals surface area contributed by atoms with E-state index in [0.717, 1.165) is 11.1 Å². The van der Waals surface area contributed by atoms with Crippen molar-refractivity contribution in [1.82, 2.24) is 4.98 Å². The van der Waals surface area contributed by atoms with Crippen LogP contribution < -0.4 is 9.47 Å². The molecule has 0 aliphatic carbocycles. The molecule has 0 fully saturated rings. The quantitative estimate of drug-likeness (QED) is 0.606. The van der Waals surface area contributed by atoms with Crippen LogP contribution in [0.15, 0.2) is 40.8 Å². The van der Waals surface area contributed by atoms with Gasteiger partial charge in [-0.2, -0.15) is 0 Å². The molecule has 2 aromatic carbocycles. The molecule has 152 valence electrons. The van der Waals surface area contributed by atoms with Gasteiger partial charge in [-0.25, -0.2) is 9.78 Å². The summed E-state index contributed by atoms with van der Waals surface area (Å²) in [5.41, 5.74) is 3.32. The molecule has 0 spiro atoms. The molecule has 1 N–H and O–H groups in total. The molecule has 0 saturated carbocycles. The molecule has 0 radical (unpaired) electrons. The molecule has 0 saturated heterocycles. The van der Waals surface area contributed by atoms with E-state index in [-0.39, 0.29) is 13.2 Å². The van der Waals surface area contributed by atoms with Gasteiger partial charge in [0.05, 0.1) is 26.4 Å². The molecule has 0 unspecified atom stereocenters. The highest BCUT2D eigenvalue weighted by Gasteiger charge is 2.16. The molecule has 0 atom stereocenters. The molecule has 29 heavy (non-hydrogen) atoms. The minimum absolute atomic E-state index is 0.0769. The van der Waals surface area contributed by atoms with Crippen LogP contribution in [-0.2, 0) is 18.0 Å². The number of benzene rings is 2. The second-order valence-corrected chi connectivity index (χ2v) is 6.48. The van der Waals surface area contributed by atoms with Crippen LogP contribution in [0.5, 0.6) is 11.5 Å². The minimum Gasteiger partial charge on any atom is -0.493 e. The third-order valence-corrected chi connectivity index (χ3v) is 4.56. The van der Waals surface area contributed by atoms with Crippen LogP contribution in [0, 0.1) is 13.8 Å². The Labute approximate surface area is 168 Å². The monoisotopic (exact) mass is 397 g/mol. The number of hydrogen-bond acceptors (Lipinski definition) is 7. The molecule has 7 heteroatoms. The molecular weight excluding hydrogens is 374 g/mol. The lowest BCUT2D eigenvalue weighted by Gasteiger charge is -2.10. The molecule has 0 bridgehead atoms. The summed E-state index contributed by atoms with van der Waals surface area (Å²) in [5.74, 6) is 1.67. The molecular formula is C22H23NO6. The normalized spacial score (nSPS) is 10.7. The smallest absolute Gasteiger partial charge is 0.338 e. The lowest BCUT2D eigenvalue weighted by molar-refractivity contribution is 0.0600. The first-order valence-electron chi connectivity index (χ1n) is 9.03. The molecule has 7 nitrogen and oxygen atoms in total. The average molecular weight is 397 g/mol. The van der Waals surface area contributed by atoms with Gasteiger partial charge in [0.2, 0.25) is 5.89 Å². The summed E-state index contributed by atoms with van der Waals surface area (Å²) in [6.45, 7) is 3.74. The van der Waals surface area contributed by atoms with Gasteiger partial charge in [0.25, 0.3) is 0 Å². The van der Waals surface area contributed by atoms with E-state index in [1.54, 1.807) is 38.3 Å². The van der Waals surface area contributed by atoms with Crippen LogP contribution in [0.25, 0.3) is 11.5 Å². The Balaban J connectivity index is 1.82. The number of aliphatic hydroxyl groups is 1. The van der Waals surface area contributed by atoms with E-state index < -0.39 is 5.97 Å². The Morgan fingerprint density at radius 1 is 1.10 bits per heavy atom. The molecule has 1 heterocycles. The molecule has 0 amide bonds. The van der Waals surface area contributed by atoms with Crippen molar-refractivity contribution in [2.75, 3.05) is 14.2 Å². The van der Waals surface area contributed by atoms with Crippen molar-refractivity contribution < 1.29 is 28.5 Å². The van der Waals surface area contributed by atoms with E-state index in [0.29, 0.717) is 40.0 Å². The molecule has 1 aromatic heterocycles. The summed E-state index contributed by atoms with van der Waals surface area (Å²) in [6, 6.07) is 10.6. The standard InChI is InChI=1S/C22H23NO6/c1-13-5-7-16(10-17(13)22(25)27-4)21-23-18(14(2)29-21)12-28-19-8-6-15(11-24)9-20(19)26-3/h5-10,24H,11-12H2,1-4H3. The molecule has 3 rings (SSSR count). The Morgan fingerprint density at radius 2 is 1.90 bits per heavy atom. The number of aliphatic hydroxyl groups excluding tert-OH is 1. The SMILES string of the molecule is COC(=O)c1cc(-c2nc(COc3ccc(CO)cc3OC)c(C)o2)ccc1C. The average Bonchev–Trinajstić information content (AvgIpc) is 3.12. The largest absolute Gasteiger partial charge is 0.493 e. The maximum absolute atomic E-state index is 11.9. The van der Waals surface area contributed by atoms with Gasteiger partial charge in [-0.05, 0) is 49.2 Å². The zero-order chi connectivity index (χ0) is 21.0. The number of esters is 1. The molecule has 0 aliphatic heterocycles. The minimum atomic E-state index is -0.408. The summed E-state index contributed by atoms with van der Waals surface area (Å²) < 4.78 is 21.8. The number of methoxy groups -OCH3 is 2. The van der Waals surface area contributed by atoms with Gasteiger partial charge in [-0.3, -0.25) is 0 Å². The Kier molecular flexibility index (Phi) is 6.19. The fourth-order valence-corrected chi connectivity index (χ4v) is 2.85. The first-order valence-corrected chi connectivity index (χ1v) is 9.03. The fraction of sp³-hybridized carbons (Fsp3) is 0.273. The van der Waals surface area contributed by atoms with Crippen molar-refractivity contribution >= 4 is 5.97 Å². The third kappa shape index (κ3) is 4.41. The van der Waals surface area contributed by atoms with Gasteiger partial charge in [-0.1, -0.05) is 12.1 Å². The summed E-state index contributed by atoms with van der Waals surface area (Å²) >= 11 is 0. The number of aryl methyl sites for hydroxylation is 2. The van der Waals surface area contributed by atoms with Crippen molar-refractivity contribution in [3.05, 3.63) is 64.5 Å². The number of carbonyl (C=O) groups is 1. The van der Waals surface area contributed by atoms with Crippen molar-refractivity contribution in [3.63, 3.8) is 0 Å². The zero-order valence-corrected chi connectivity index (χ0v) is 16.8. The number of nitrogens with zero attached hydrogens (tertiary/aromatic N) is 1. The maximum atomic E-state index is 11.9. The van der Waals surface area contributed by atoms with Crippen molar-refractivity contribution in [1.29, 1.82) is 0 Å². The van der Waals surface area contributed by atoms with Crippen LogP contribution in [0.1, 0.15) is 32.9 Å². The number of rotatable bonds is 7. The Morgan fingerprint density at radius 3 is 2.59 bits per heavy atom. The Bertz CT molecular complexity index is 1020. The van der Waals surface area contributed by atoms with E-state index in [9.17, 15) is 9.90 Å². The number of carbonyl (C=O) groups excluding carboxylic acids is 1. The second-order valence-electron chi connectivity index (χ2n) is 6.48. The van der Waals surface area contributed by atoms with Gasteiger partial charge in [0, 0.05) is 5.56 Å². The van der Waals surface area contributed by atoms with Crippen molar-refractivity contribution in [3.8, 4) is 23.0 Å². The predicted octanol–water partition coefficient (Wildman–Crippen LogP) is 3.82. The maximum Gasteiger partial charge on any atom is 0.338 e. The summed E-state index contributed by atoms with van der Waals surface area (Å²) in [7, 11) is 2.89. The summed E-state index contributed by atoms with van der Waals surface area (Å²) in [4.78, 5) is 16.5. The highest BCUT2D eigenvalue weighted by molar-refractivity contribution is 5.92. The van der Waals surface area contributed by atoms with Crippen LogP contribution in [-0.4, -0.2) is 30.3 Å². The second kappa shape index (κ2) is 8.79. The zero-order valence-electron chi connectivity index (χ0n) is 16.8. The van der Waals surface area contributed by atoms with Crippen LogP contribution >= 0.6 is 0 Å². The first-order chi connectivity index (χ1) is 14.0. The van der Waals surface area contributed by atoms with E-state index >= 15 is 0 Å². The van der Waals surface area contributed by atoms with E-state index in [4.69, 9.17) is 18.6 Å². The van der Waals surface area contributed by atoms with Crippen molar-refractivity contribution in [2.45, 2.75) is 27.1 Å². The number of oxazole rings is 1. The summed E-state index contributed by atoms with van der Waals surface area (Å²) in [5, 5.41) is 9.24. The first kappa shape index (κ1) is 20.4. The van der Waals surface area contributed by atoms with Crippen LogP contribution in [0.4, 0.5) is 0 Å². The Hall–Kier alpha value is -3.32. The van der Waals surface area contributed by atoms with Crippen LogP contribution in [0.2, 0.25) is 0 Å². The van der Waals surface area contributed by atoms with E-state index in [1.807, 2.05) is 19.1 Å². The fourth-order valence-electron chi connectivity index (χ4n) is 2.85. The number of aromatic nitrogens is 1. The van der Waals surface area contributed by atoms with Gasteiger partial charge in [-0.15, -0.1) is 0 Å². The molecule has 3 aromatic rings. The van der Waals surface area contributed by atoms with Gasteiger partial charge in [0.1, 0.15) is 18.1 Å². The number of hydrogen-bond donors (Lipinski definition) is 1. The van der Waals surface area contributed by atoms with Gasteiger partial charge < -0.3 is 23.7 Å². The van der Waals surface area contributed by atoms with Gasteiger partial charge in [0.15, 0.2) is 11.5 Å². The van der Waals surface area contributed by atoms with Crippen molar-refractivity contribution in [2.24, 2.45) is 0 Å². The molecule has 0 aliphatic rings. The lowest BCUT2D eigenvalue weighted by atomic mass is 10.1.